The lowest BCUT2D eigenvalue weighted by atomic mass is 10.1. The Kier molecular flexibility index (Phi) is 6.37. The van der Waals surface area contributed by atoms with Crippen LogP contribution in [0, 0.1) is 13.8 Å². The average Bonchev–Trinajstić information content (AvgIpc) is 2.56. The quantitative estimate of drug-likeness (QED) is 0.605. The van der Waals surface area contributed by atoms with Gasteiger partial charge in [0.05, 0.1) is 17.8 Å². The monoisotopic (exact) mass is 390 g/mol. The molecular weight excluding hydrogens is 372 g/mol. The number of aryl methyl sites for hydroxylation is 2. The van der Waals surface area contributed by atoms with E-state index < -0.39 is 0 Å². The number of ether oxygens (including phenoxy) is 2. The molecule has 1 amide bonds. The predicted molar refractivity (Wildman–Crippen MR) is 97.8 cm³/mol. The molecule has 0 heterocycles. The van der Waals surface area contributed by atoms with Crippen molar-refractivity contribution in [3.05, 3.63) is 57.6 Å². The Labute approximate surface area is 149 Å². The van der Waals surface area contributed by atoms with Gasteiger partial charge in [0.1, 0.15) is 11.5 Å². The lowest BCUT2D eigenvalue weighted by molar-refractivity contribution is -0.123. The second kappa shape index (κ2) is 8.49. The molecule has 0 saturated carbocycles. The van der Waals surface area contributed by atoms with Gasteiger partial charge in [-0.25, -0.2) is 5.43 Å². The molecule has 0 radical (unpaired) electrons. The minimum Gasteiger partial charge on any atom is -0.496 e. The van der Waals surface area contributed by atoms with Gasteiger partial charge in [0.15, 0.2) is 6.61 Å². The van der Waals surface area contributed by atoms with Crippen molar-refractivity contribution in [1.82, 2.24) is 5.43 Å². The van der Waals surface area contributed by atoms with Gasteiger partial charge in [0.25, 0.3) is 5.91 Å². The van der Waals surface area contributed by atoms with Crippen LogP contribution in [0.4, 0.5) is 0 Å². The fraction of sp³-hybridized carbons (Fsp3) is 0.222. The van der Waals surface area contributed by atoms with Crippen molar-refractivity contribution in [3.8, 4) is 11.5 Å². The van der Waals surface area contributed by atoms with Crippen molar-refractivity contribution in [2.75, 3.05) is 13.7 Å². The number of rotatable bonds is 6. The number of carbonyl (C=O) groups is 1. The van der Waals surface area contributed by atoms with Crippen LogP contribution in [0.15, 0.2) is 46.0 Å². The Morgan fingerprint density at radius 1 is 1.21 bits per heavy atom. The molecule has 0 aromatic heterocycles. The minimum absolute atomic E-state index is 0.0893. The second-order valence-electron chi connectivity index (χ2n) is 5.24. The van der Waals surface area contributed by atoms with Crippen molar-refractivity contribution in [2.24, 2.45) is 5.10 Å². The Balaban J connectivity index is 1.86. The van der Waals surface area contributed by atoms with Crippen molar-refractivity contribution >= 4 is 28.1 Å². The van der Waals surface area contributed by atoms with E-state index in [4.69, 9.17) is 9.47 Å². The topological polar surface area (TPSA) is 59.9 Å². The molecule has 0 atom stereocenters. The van der Waals surface area contributed by atoms with Crippen LogP contribution in [0.25, 0.3) is 0 Å². The summed E-state index contributed by atoms with van der Waals surface area (Å²) < 4.78 is 11.5. The fourth-order valence-corrected chi connectivity index (χ4v) is 2.54. The molecule has 0 aliphatic carbocycles. The van der Waals surface area contributed by atoms with Crippen molar-refractivity contribution in [2.45, 2.75) is 13.8 Å². The summed E-state index contributed by atoms with van der Waals surface area (Å²) in [4.78, 5) is 11.8. The molecule has 5 nitrogen and oxygen atoms in total. The maximum atomic E-state index is 11.8. The lowest BCUT2D eigenvalue weighted by Gasteiger charge is -2.08. The highest BCUT2D eigenvalue weighted by molar-refractivity contribution is 9.10. The maximum Gasteiger partial charge on any atom is 0.277 e. The number of hydrazone groups is 1. The predicted octanol–water partition coefficient (Wildman–Crippen LogP) is 3.60. The zero-order chi connectivity index (χ0) is 17.5. The van der Waals surface area contributed by atoms with E-state index in [0.29, 0.717) is 5.75 Å². The zero-order valence-corrected chi connectivity index (χ0v) is 15.4. The zero-order valence-electron chi connectivity index (χ0n) is 13.8. The summed E-state index contributed by atoms with van der Waals surface area (Å²) in [5.74, 6) is 1.12. The van der Waals surface area contributed by atoms with Crippen LogP contribution in [0.1, 0.15) is 16.7 Å². The molecule has 0 spiro atoms. The highest BCUT2D eigenvalue weighted by atomic mass is 79.9. The van der Waals surface area contributed by atoms with Crippen molar-refractivity contribution in [1.29, 1.82) is 0 Å². The summed E-state index contributed by atoms with van der Waals surface area (Å²) in [6.07, 6.45) is 1.56. The molecule has 126 valence electrons. The van der Waals surface area contributed by atoms with Crippen LogP contribution in [0.5, 0.6) is 11.5 Å². The van der Waals surface area contributed by atoms with Crippen molar-refractivity contribution in [3.63, 3.8) is 0 Å². The summed E-state index contributed by atoms with van der Waals surface area (Å²) in [5.41, 5.74) is 5.34. The van der Waals surface area contributed by atoms with E-state index in [1.807, 2.05) is 50.2 Å². The van der Waals surface area contributed by atoms with Gasteiger partial charge >= 0.3 is 0 Å². The standard InChI is InChI=1S/C18H19BrN2O3/c1-12-4-5-13(2)17(8-12)24-11-18(22)21-20-10-14-6-7-16(23-3)15(19)9-14/h4-10H,11H2,1-3H3,(H,21,22)/b20-10-. The number of amides is 1. The molecule has 2 aromatic rings. The van der Waals surface area contributed by atoms with Gasteiger partial charge < -0.3 is 9.47 Å². The van der Waals surface area contributed by atoms with Gasteiger partial charge in [0.2, 0.25) is 0 Å². The molecule has 6 heteroatoms. The van der Waals surface area contributed by atoms with Crippen LogP contribution in [0.3, 0.4) is 0 Å². The van der Waals surface area contributed by atoms with E-state index in [1.54, 1.807) is 13.3 Å². The summed E-state index contributed by atoms with van der Waals surface area (Å²) in [6.45, 7) is 3.82. The van der Waals surface area contributed by atoms with Crippen LogP contribution < -0.4 is 14.9 Å². The summed E-state index contributed by atoms with van der Waals surface area (Å²) in [6, 6.07) is 11.4. The highest BCUT2D eigenvalue weighted by Gasteiger charge is 2.04. The average molecular weight is 391 g/mol. The van der Waals surface area contributed by atoms with Crippen LogP contribution >= 0.6 is 15.9 Å². The Morgan fingerprint density at radius 2 is 2.00 bits per heavy atom. The number of benzene rings is 2. The first kappa shape index (κ1) is 18.0. The number of carbonyl (C=O) groups excluding carboxylic acids is 1. The van der Waals surface area contributed by atoms with Gasteiger partial charge in [-0.05, 0) is 70.7 Å². The summed E-state index contributed by atoms with van der Waals surface area (Å²) >= 11 is 3.40. The van der Waals surface area contributed by atoms with E-state index >= 15 is 0 Å². The molecule has 0 unspecified atom stereocenters. The van der Waals surface area contributed by atoms with E-state index in [2.05, 4.69) is 26.5 Å². The van der Waals surface area contributed by atoms with Gasteiger partial charge in [0, 0.05) is 0 Å². The van der Waals surface area contributed by atoms with E-state index in [0.717, 1.165) is 26.9 Å². The number of hydrogen-bond acceptors (Lipinski definition) is 4. The Morgan fingerprint density at radius 3 is 2.71 bits per heavy atom. The smallest absolute Gasteiger partial charge is 0.277 e. The third-order valence-electron chi connectivity index (χ3n) is 3.28. The molecule has 2 rings (SSSR count). The first-order chi connectivity index (χ1) is 11.5. The highest BCUT2D eigenvalue weighted by Crippen LogP contribution is 2.24. The molecule has 0 aliphatic rings. The second-order valence-corrected chi connectivity index (χ2v) is 6.10. The molecule has 24 heavy (non-hydrogen) atoms. The van der Waals surface area contributed by atoms with Gasteiger partial charge in [-0.2, -0.15) is 5.10 Å². The van der Waals surface area contributed by atoms with E-state index in [-0.39, 0.29) is 12.5 Å². The first-order valence-corrected chi connectivity index (χ1v) is 8.14. The molecule has 0 aliphatic heterocycles. The third-order valence-corrected chi connectivity index (χ3v) is 3.90. The molecule has 1 N–H and O–H groups in total. The molecular formula is C18H19BrN2O3. The van der Waals surface area contributed by atoms with Gasteiger partial charge in [-0.3, -0.25) is 4.79 Å². The van der Waals surface area contributed by atoms with Gasteiger partial charge in [-0.15, -0.1) is 0 Å². The SMILES string of the molecule is COc1ccc(/C=N\NC(=O)COc2cc(C)ccc2C)cc1Br. The summed E-state index contributed by atoms with van der Waals surface area (Å²) in [7, 11) is 1.60. The largest absolute Gasteiger partial charge is 0.496 e. The molecule has 0 fully saturated rings. The number of halogens is 1. The molecule has 0 saturated heterocycles. The summed E-state index contributed by atoms with van der Waals surface area (Å²) in [5, 5.41) is 3.92. The molecule has 0 bridgehead atoms. The number of nitrogens with zero attached hydrogens (tertiary/aromatic N) is 1. The molecule has 2 aromatic carbocycles. The van der Waals surface area contributed by atoms with Crippen LogP contribution in [-0.4, -0.2) is 25.8 Å². The number of methoxy groups -OCH3 is 1. The van der Waals surface area contributed by atoms with Crippen molar-refractivity contribution < 1.29 is 14.3 Å². The third kappa shape index (κ3) is 5.09. The van der Waals surface area contributed by atoms with Gasteiger partial charge in [-0.1, -0.05) is 12.1 Å². The Bertz CT molecular complexity index is 760. The normalized spacial score (nSPS) is 10.7. The van der Waals surface area contributed by atoms with E-state index in [1.165, 1.54) is 0 Å². The number of nitrogens with one attached hydrogen (secondary N) is 1. The maximum absolute atomic E-state index is 11.8. The minimum atomic E-state index is -0.320. The number of hydrogen-bond donors (Lipinski definition) is 1. The van der Waals surface area contributed by atoms with Crippen LogP contribution in [0.2, 0.25) is 0 Å². The lowest BCUT2D eigenvalue weighted by Crippen LogP contribution is -2.24. The fourth-order valence-electron chi connectivity index (χ4n) is 1.98. The van der Waals surface area contributed by atoms with E-state index in [9.17, 15) is 4.79 Å². The van der Waals surface area contributed by atoms with Crippen LogP contribution in [-0.2, 0) is 4.79 Å². The Hall–Kier alpha value is -2.34. The first-order valence-electron chi connectivity index (χ1n) is 7.35.